The Labute approximate surface area is 130 Å². The summed E-state index contributed by atoms with van der Waals surface area (Å²) >= 11 is 0.881. The minimum Gasteiger partial charge on any atom is -0.398 e. The van der Waals surface area contributed by atoms with Gasteiger partial charge in [-0.2, -0.15) is 0 Å². The van der Waals surface area contributed by atoms with Crippen molar-refractivity contribution in [2.45, 2.75) is 51.6 Å². The lowest BCUT2D eigenvalue weighted by atomic mass is 9.86. The van der Waals surface area contributed by atoms with Crippen LogP contribution in [0.4, 0.5) is 5.13 Å². The third kappa shape index (κ3) is 2.30. The van der Waals surface area contributed by atoms with Crippen molar-refractivity contribution in [3.8, 4) is 0 Å². The maximum atomic E-state index is 8.08. The molecule has 0 aromatic carbocycles. The molecule has 0 bridgehead atoms. The summed E-state index contributed by atoms with van der Waals surface area (Å²) in [4.78, 5) is 4.65. The van der Waals surface area contributed by atoms with Crippen LogP contribution in [-0.2, 0) is 9.31 Å². The summed E-state index contributed by atoms with van der Waals surface area (Å²) in [5.74, 6) is 0. The van der Waals surface area contributed by atoms with Crippen LogP contribution >= 0.6 is 11.3 Å². The van der Waals surface area contributed by atoms with Crippen molar-refractivity contribution >= 4 is 29.2 Å². The highest BCUT2D eigenvalue weighted by Gasteiger charge is 2.52. The normalized spacial score (nSPS) is 42.1. The Balaban J connectivity index is 2.00. The molecule has 1 aromatic heterocycles. The zero-order valence-electron chi connectivity index (χ0n) is 19.3. The Kier molecular flexibility index (Phi) is 1.63. The maximum absolute atomic E-state index is 8.08. The van der Waals surface area contributed by atoms with Gasteiger partial charge in [0.2, 0.25) is 0 Å². The molecule has 19 heavy (non-hydrogen) atoms. The number of thiazole rings is 1. The summed E-state index contributed by atoms with van der Waals surface area (Å²) in [6.45, 7) is 1.54. The molecule has 4 nitrogen and oxygen atoms in total. The molecular formula is C13H21BN2O2S. The summed E-state index contributed by atoms with van der Waals surface area (Å²) in [5, 5.41) is 1.34. The molecule has 3 heterocycles. The summed E-state index contributed by atoms with van der Waals surface area (Å²) in [7, 11) is -0.840. The molecule has 3 rings (SSSR count). The Morgan fingerprint density at radius 2 is 1.84 bits per heavy atom. The average Bonchev–Trinajstić information content (AvgIpc) is 3.02. The first kappa shape index (κ1) is 6.92. The van der Waals surface area contributed by atoms with Gasteiger partial charge in [0.05, 0.1) is 16.8 Å². The molecule has 2 aliphatic heterocycles. The second kappa shape index (κ2) is 4.47. The molecule has 0 aliphatic carbocycles. The van der Waals surface area contributed by atoms with E-state index in [4.69, 9.17) is 20.3 Å². The van der Waals surface area contributed by atoms with Crippen LogP contribution < -0.4 is 10.5 Å². The molecule has 104 valence electrons. The first-order valence-corrected chi connectivity index (χ1v) is 6.89. The van der Waals surface area contributed by atoms with E-state index in [2.05, 4.69) is 4.98 Å². The van der Waals surface area contributed by atoms with Crippen molar-refractivity contribution in [3.63, 3.8) is 0 Å². The van der Waals surface area contributed by atoms with Crippen LogP contribution in [0.2, 0.25) is 0 Å². The van der Waals surface area contributed by atoms with Crippen molar-refractivity contribution in [2.75, 3.05) is 17.9 Å². The molecule has 0 amide bonds. The van der Waals surface area contributed by atoms with Crippen molar-refractivity contribution in [1.82, 2.24) is 4.98 Å². The molecule has 6 heteroatoms. The predicted octanol–water partition coefficient (Wildman–Crippen LogP) is 2.04. The van der Waals surface area contributed by atoms with E-state index < -0.39 is 44.1 Å². The number of anilines is 1. The van der Waals surface area contributed by atoms with Gasteiger partial charge in [0.15, 0.2) is 5.13 Å². The van der Waals surface area contributed by atoms with E-state index >= 15 is 0 Å². The van der Waals surface area contributed by atoms with Gasteiger partial charge in [0.25, 0.3) is 0 Å². The second-order valence-corrected chi connectivity index (χ2v) is 6.29. The van der Waals surface area contributed by atoms with Crippen LogP contribution in [0.25, 0.3) is 0 Å². The Hall–Kier alpha value is -0.585. The Bertz CT molecular complexity index is 727. The molecule has 0 spiro atoms. The van der Waals surface area contributed by atoms with Gasteiger partial charge in [-0.1, -0.05) is 0 Å². The van der Waals surface area contributed by atoms with Crippen molar-refractivity contribution in [2.24, 2.45) is 0 Å². The van der Waals surface area contributed by atoms with Gasteiger partial charge in [-0.3, -0.25) is 0 Å². The van der Waals surface area contributed by atoms with Crippen molar-refractivity contribution < 1.29 is 20.3 Å². The van der Waals surface area contributed by atoms with Gasteiger partial charge < -0.3 is 14.2 Å². The fourth-order valence-electron chi connectivity index (χ4n) is 1.74. The van der Waals surface area contributed by atoms with E-state index in [1.807, 2.05) is 27.7 Å². The van der Waals surface area contributed by atoms with E-state index in [1.165, 1.54) is 5.38 Å². The minimum absolute atomic E-state index is 0.181. The van der Waals surface area contributed by atoms with Crippen LogP contribution in [0.5, 0.6) is 0 Å². The van der Waals surface area contributed by atoms with Crippen molar-refractivity contribution in [3.05, 3.63) is 5.38 Å². The van der Waals surface area contributed by atoms with Crippen LogP contribution in [0, 0.1) is 0 Å². The largest absolute Gasteiger partial charge is 0.515 e. The van der Waals surface area contributed by atoms with Crippen LogP contribution in [0.3, 0.4) is 0 Å². The number of rotatable bonds is 2. The summed E-state index contributed by atoms with van der Waals surface area (Å²) in [6, 6.07) is 0. The molecule has 2 aliphatic rings. The summed E-state index contributed by atoms with van der Waals surface area (Å²) < 4.78 is 75.6. The molecule has 2 saturated heterocycles. The third-order valence-electron chi connectivity index (χ3n) is 3.59. The number of nitrogens with zero attached hydrogens (tertiary/aromatic N) is 2. The number of hydrogen-bond donors (Lipinski definition) is 0. The highest BCUT2D eigenvalue weighted by molar-refractivity contribution is 7.14. The lowest BCUT2D eigenvalue weighted by Gasteiger charge is -2.32. The standard InChI is InChI=1S/C13H21BN2O2S/c1-12(2)13(3,4)18-14(17-12)10-9-19-11(15-10)16-7-5-6-8-16/h9H,5-8H2,1-4H3/i5D2,6D2,7D2,8D2. The SMILES string of the molecule is [2H]C1([2H])N(c2nc(B3OC(C)(C)C(C)(C)O3)cs2)C([2H])([2H])C([2H])([2H])C1([2H])[2H]. The van der Waals surface area contributed by atoms with Gasteiger partial charge in [-0.25, -0.2) is 4.98 Å². The predicted molar refractivity (Wildman–Crippen MR) is 79.3 cm³/mol. The summed E-state index contributed by atoms with van der Waals surface area (Å²) in [6.07, 6.45) is -6.20. The van der Waals surface area contributed by atoms with Gasteiger partial charge in [0, 0.05) is 29.3 Å². The van der Waals surface area contributed by atoms with Gasteiger partial charge >= 0.3 is 7.12 Å². The lowest BCUT2D eigenvalue weighted by molar-refractivity contribution is 0.00578. The van der Waals surface area contributed by atoms with E-state index in [9.17, 15) is 0 Å². The fourth-order valence-corrected chi connectivity index (χ4v) is 2.49. The monoisotopic (exact) mass is 288 g/mol. The Morgan fingerprint density at radius 1 is 1.26 bits per heavy atom. The molecule has 2 fully saturated rings. The summed E-state index contributed by atoms with van der Waals surface area (Å²) in [5.41, 5.74) is -0.936. The van der Waals surface area contributed by atoms with Gasteiger partial charge in [0.1, 0.15) is 0 Å². The van der Waals surface area contributed by atoms with Crippen LogP contribution in [0.1, 0.15) is 51.4 Å². The number of hydrogen-bond acceptors (Lipinski definition) is 5. The van der Waals surface area contributed by atoms with Crippen LogP contribution in [0.15, 0.2) is 5.38 Å². The Morgan fingerprint density at radius 3 is 2.42 bits per heavy atom. The van der Waals surface area contributed by atoms with E-state index in [0.717, 1.165) is 11.3 Å². The highest BCUT2D eigenvalue weighted by atomic mass is 32.1. The number of aromatic nitrogens is 1. The lowest BCUT2D eigenvalue weighted by Crippen LogP contribution is -2.41. The van der Waals surface area contributed by atoms with E-state index in [1.54, 1.807) is 0 Å². The average molecular weight is 288 g/mol. The molecule has 0 N–H and O–H groups in total. The highest BCUT2D eigenvalue weighted by Crippen LogP contribution is 2.36. The molecule has 0 unspecified atom stereocenters. The second-order valence-electron chi connectivity index (χ2n) is 5.45. The first-order chi connectivity index (χ1) is 11.9. The quantitative estimate of drug-likeness (QED) is 0.780. The smallest absolute Gasteiger partial charge is 0.398 e. The molecule has 0 atom stereocenters. The van der Waals surface area contributed by atoms with E-state index in [-0.39, 0.29) is 5.13 Å². The van der Waals surface area contributed by atoms with Gasteiger partial charge in [-0.15, -0.1) is 11.3 Å². The van der Waals surface area contributed by atoms with Crippen LogP contribution in [-0.4, -0.2) is 36.3 Å². The third-order valence-corrected chi connectivity index (χ3v) is 4.44. The van der Waals surface area contributed by atoms with Crippen molar-refractivity contribution in [1.29, 1.82) is 0 Å². The molecule has 0 radical (unpaired) electrons. The molecule has 1 aromatic rings. The zero-order chi connectivity index (χ0) is 20.8. The van der Waals surface area contributed by atoms with E-state index in [0.29, 0.717) is 10.5 Å². The molecular weight excluding hydrogens is 259 g/mol. The fraction of sp³-hybridized carbons (Fsp3) is 0.769. The first-order valence-electron chi connectivity index (χ1n) is 10.0. The molecule has 0 saturated carbocycles. The topological polar surface area (TPSA) is 34.6 Å². The maximum Gasteiger partial charge on any atom is 0.515 e. The minimum atomic E-state index is -3.10. The van der Waals surface area contributed by atoms with Gasteiger partial charge in [-0.05, 0) is 40.4 Å². The zero-order valence-corrected chi connectivity index (χ0v) is 12.1.